The minimum Gasteiger partial charge on any atom is -0.343 e. The molecular weight excluding hydrogens is 162 g/mol. The molecule has 0 saturated carbocycles. The first-order valence-corrected chi connectivity index (χ1v) is 4.12. The van der Waals surface area contributed by atoms with Crippen LogP contribution in [0.3, 0.4) is 0 Å². The van der Waals surface area contributed by atoms with Crippen molar-refractivity contribution in [1.82, 2.24) is 15.0 Å². The maximum absolute atomic E-state index is 4.23. The Morgan fingerprint density at radius 1 is 1.08 bits per heavy atom. The van der Waals surface area contributed by atoms with Gasteiger partial charge in [-0.15, -0.1) is 0 Å². The SMILES string of the molecule is c1ccc2c(c1)cnc1nc[nH]c12. The Bertz CT molecular complexity index is 568. The third-order valence-electron chi connectivity index (χ3n) is 2.18. The zero-order chi connectivity index (χ0) is 8.67. The van der Waals surface area contributed by atoms with Crippen molar-refractivity contribution in [1.29, 1.82) is 0 Å². The Balaban J connectivity index is 2.65. The second kappa shape index (κ2) is 2.29. The highest BCUT2D eigenvalue weighted by Gasteiger charge is 2.01. The van der Waals surface area contributed by atoms with Crippen molar-refractivity contribution in [2.24, 2.45) is 0 Å². The number of fused-ring (bicyclic) bond motifs is 3. The van der Waals surface area contributed by atoms with Crippen LogP contribution < -0.4 is 0 Å². The number of aromatic amines is 1. The van der Waals surface area contributed by atoms with Crippen molar-refractivity contribution in [2.75, 3.05) is 0 Å². The molecule has 0 spiro atoms. The molecule has 0 saturated heterocycles. The molecule has 3 aromatic rings. The van der Waals surface area contributed by atoms with Crippen molar-refractivity contribution in [3.8, 4) is 0 Å². The van der Waals surface area contributed by atoms with Gasteiger partial charge < -0.3 is 4.98 Å². The van der Waals surface area contributed by atoms with Gasteiger partial charge in [0.1, 0.15) is 0 Å². The molecule has 0 aliphatic carbocycles. The summed E-state index contributed by atoms with van der Waals surface area (Å²) in [5, 5.41) is 2.31. The van der Waals surface area contributed by atoms with E-state index in [4.69, 9.17) is 0 Å². The summed E-state index contributed by atoms with van der Waals surface area (Å²) in [6.45, 7) is 0. The molecule has 3 heteroatoms. The van der Waals surface area contributed by atoms with E-state index in [-0.39, 0.29) is 0 Å². The summed E-state index contributed by atoms with van der Waals surface area (Å²) in [7, 11) is 0. The number of aromatic nitrogens is 3. The van der Waals surface area contributed by atoms with Crippen molar-refractivity contribution in [3.05, 3.63) is 36.8 Å². The number of pyridine rings is 1. The van der Waals surface area contributed by atoms with E-state index in [2.05, 4.69) is 21.0 Å². The lowest BCUT2D eigenvalue weighted by Gasteiger charge is -1.96. The van der Waals surface area contributed by atoms with Crippen LogP contribution in [-0.2, 0) is 0 Å². The van der Waals surface area contributed by atoms with Crippen LogP contribution in [0.15, 0.2) is 36.8 Å². The Labute approximate surface area is 74.4 Å². The topological polar surface area (TPSA) is 41.6 Å². The first kappa shape index (κ1) is 6.60. The number of imidazole rings is 1. The van der Waals surface area contributed by atoms with Crippen LogP contribution in [0.4, 0.5) is 0 Å². The van der Waals surface area contributed by atoms with E-state index in [0.717, 1.165) is 16.6 Å². The van der Waals surface area contributed by atoms with Crippen LogP contribution in [-0.4, -0.2) is 15.0 Å². The summed E-state index contributed by atoms with van der Waals surface area (Å²) in [5.41, 5.74) is 1.79. The molecule has 3 nitrogen and oxygen atoms in total. The smallest absolute Gasteiger partial charge is 0.178 e. The second-order valence-corrected chi connectivity index (χ2v) is 2.95. The quantitative estimate of drug-likeness (QED) is 0.560. The van der Waals surface area contributed by atoms with Crippen molar-refractivity contribution in [3.63, 3.8) is 0 Å². The van der Waals surface area contributed by atoms with Gasteiger partial charge in [0, 0.05) is 17.0 Å². The minimum absolute atomic E-state index is 0.777. The first-order chi connectivity index (χ1) is 6.45. The number of benzene rings is 1. The Kier molecular flexibility index (Phi) is 1.16. The van der Waals surface area contributed by atoms with Crippen LogP contribution in [0.25, 0.3) is 21.9 Å². The number of rotatable bonds is 0. The molecule has 1 aromatic carbocycles. The molecule has 0 amide bonds. The van der Waals surface area contributed by atoms with E-state index in [9.17, 15) is 0 Å². The first-order valence-electron chi connectivity index (χ1n) is 4.12. The molecule has 0 fully saturated rings. The van der Waals surface area contributed by atoms with E-state index in [0.29, 0.717) is 0 Å². The highest BCUT2D eigenvalue weighted by Crippen LogP contribution is 2.19. The van der Waals surface area contributed by atoms with Crippen molar-refractivity contribution >= 4 is 21.9 Å². The predicted molar refractivity (Wildman–Crippen MR) is 51.4 cm³/mol. The van der Waals surface area contributed by atoms with Crippen molar-refractivity contribution < 1.29 is 0 Å². The van der Waals surface area contributed by atoms with Crippen LogP contribution in [0, 0.1) is 0 Å². The van der Waals surface area contributed by atoms with Gasteiger partial charge in [0.05, 0.1) is 11.8 Å². The highest BCUT2D eigenvalue weighted by atomic mass is 14.9. The summed E-state index contributed by atoms with van der Waals surface area (Å²) in [5.74, 6) is 0. The highest BCUT2D eigenvalue weighted by molar-refractivity contribution is 6.01. The summed E-state index contributed by atoms with van der Waals surface area (Å²) in [6.07, 6.45) is 3.52. The van der Waals surface area contributed by atoms with Gasteiger partial charge in [-0.25, -0.2) is 9.97 Å². The van der Waals surface area contributed by atoms with Crippen LogP contribution in [0.2, 0.25) is 0 Å². The molecular formula is C10H7N3. The standard InChI is InChI=1S/C10H7N3/c1-2-4-8-7(3-1)5-11-10-9(8)12-6-13-10/h1-6H,(H,11,12,13). The van der Waals surface area contributed by atoms with E-state index in [1.54, 1.807) is 6.33 Å². The number of hydrogen-bond acceptors (Lipinski definition) is 2. The molecule has 13 heavy (non-hydrogen) atoms. The third kappa shape index (κ3) is 0.839. The van der Waals surface area contributed by atoms with E-state index in [1.165, 1.54) is 5.39 Å². The van der Waals surface area contributed by atoms with Crippen LogP contribution in [0.1, 0.15) is 0 Å². The largest absolute Gasteiger partial charge is 0.343 e. The fourth-order valence-corrected chi connectivity index (χ4v) is 1.55. The van der Waals surface area contributed by atoms with Crippen molar-refractivity contribution in [2.45, 2.75) is 0 Å². The van der Waals surface area contributed by atoms with Gasteiger partial charge in [0.15, 0.2) is 5.65 Å². The molecule has 0 atom stereocenters. The molecule has 0 unspecified atom stereocenters. The fourth-order valence-electron chi connectivity index (χ4n) is 1.55. The van der Waals surface area contributed by atoms with Gasteiger partial charge in [0.25, 0.3) is 0 Å². The lowest BCUT2D eigenvalue weighted by atomic mass is 10.2. The predicted octanol–water partition coefficient (Wildman–Crippen LogP) is 2.11. The molecule has 0 bridgehead atoms. The number of nitrogens with zero attached hydrogens (tertiary/aromatic N) is 2. The molecule has 2 heterocycles. The third-order valence-corrected chi connectivity index (χ3v) is 2.18. The maximum atomic E-state index is 4.23. The van der Waals surface area contributed by atoms with E-state index >= 15 is 0 Å². The minimum atomic E-state index is 0.777. The molecule has 2 aromatic heterocycles. The summed E-state index contributed by atoms with van der Waals surface area (Å²) >= 11 is 0. The zero-order valence-corrected chi connectivity index (χ0v) is 6.86. The number of hydrogen-bond donors (Lipinski definition) is 1. The molecule has 0 aliphatic rings. The number of nitrogens with one attached hydrogen (secondary N) is 1. The van der Waals surface area contributed by atoms with Gasteiger partial charge in [-0.05, 0) is 0 Å². The average Bonchev–Trinajstić information content (AvgIpc) is 2.65. The Morgan fingerprint density at radius 3 is 3.00 bits per heavy atom. The summed E-state index contributed by atoms with van der Waals surface area (Å²) in [4.78, 5) is 11.4. The van der Waals surface area contributed by atoms with Crippen LogP contribution in [0.5, 0.6) is 0 Å². The maximum Gasteiger partial charge on any atom is 0.178 e. The summed E-state index contributed by atoms with van der Waals surface area (Å²) < 4.78 is 0. The Morgan fingerprint density at radius 2 is 2.00 bits per heavy atom. The lowest BCUT2D eigenvalue weighted by Crippen LogP contribution is -1.79. The normalized spacial score (nSPS) is 11.1. The average molecular weight is 169 g/mol. The fraction of sp³-hybridized carbons (Fsp3) is 0. The molecule has 0 radical (unpaired) electrons. The second-order valence-electron chi connectivity index (χ2n) is 2.95. The van der Waals surface area contributed by atoms with Gasteiger partial charge in [-0.1, -0.05) is 24.3 Å². The molecule has 0 aliphatic heterocycles. The van der Waals surface area contributed by atoms with Gasteiger partial charge >= 0.3 is 0 Å². The van der Waals surface area contributed by atoms with Gasteiger partial charge in [0.2, 0.25) is 0 Å². The monoisotopic (exact) mass is 169 g/mol. The molecule has 62 valence electrons. The van der Waals surface area contributed by atoms with Gasteiger partial charge in [-0.3, -0.25) is 0 Å². The Hall–Kier alpha value is -1.90. The van der Waals surface area contributed by atoms with E-state index < -0.39 is 0 Å². The zero-order valence-electron chi connectivity index (χ0n) is 6.86. The van der Waals surface area contributed by atoms with Crippen LogP contribution >= 0.6 is 0 Å². The van der Waals surface area contributed by atoms with E-state index in [1.807, 2.05) is 24.4 Å². The molecule has 1 N–H and O–H groups in total. The summed E-state index contributed by atoms with van der Waals surface area (Å²) in [6, 6.07) is 8.13. The van der Waals surface area contributed by atoms with Gasteiger partial charge in [-0.2, -0.15) is 0 Å². The number of H-pyrrole nitrogens is 1. The molecule has 3 rings (SSSR count). The lowest BCUT2D eigenvalue weighted by molar-refractivity contribution is 1.31.